The number of anilines is 1. The van der Waals surface area contributed by atoms with Crippen LogP contribution in [0.2, 0.25) is 0 Å². The first-order valence-corrected chi connectivity index (χ1v) is 8.39. The van der Waals surface area contributed by atoms with E-state index in [4.69, 9.17) is 5.11 Å². The number of azo groups is 1. The number of rotatable bonds is 8. The smallest absolute Gasteiger partial charge is 0.110 e. The minimum atomic E-state index is -1.45. The van der Waals surface area contributed by atoms with E-state index >= 15 is 0 Å². The third kappa shape index (κ3) is 5.34. The van der Waals surface area contributed by atoms with Gasteiger partial charge in [0.15, 0.2) is 0 Å². The topological polar surface area (TPSA) is 118 Å². The second-order valence-corrected chi connectivity index (χ2v) is 6.18. The molecule has 2 aromatic rings. The van der Waals surface area contributed by atoms with Crippen LogP contribution in [0.1, 0.15) is 11.1 Å². The Morgan fingerprint density at radius 2 is 1.58 bits per heavy atom. The van der Waals surface area contributed by atoms with Crippen molar-refractivity contribution in [2.75, 3.05) is 18.5 Å². The highest BCUT2D eigenvalue weighted by Gasteiger charge is 2.24. The quantitative estimate of drug-likeness (QED) is 0.463. The van der Waals surface area contributed by atoms with Crippen molar-refractivity contribution >= 4 is 17.1 Å². The van der Waals surface area contributed by atoms with E-state index in [-0.39, 0.29) is 6.54 Å². The second-order valence-electron chi connectivity index (χ2n) is 6.18. The molecule has 0 unspecified atom stereocenters. The SMILES string of the molecule is Cc1cc(N=Nc2ccccc2)c(NC[C@@H](O)[C@H](O)[C@H](O)CO)cc1C. The first-order chi connectivity index (χ1) is 12.4. The van der Waals surface area contributed by atoms with E-state index < -0.39 is 24.9 Å². The summed E-state index contributed by atoms with van der Waals surface area (Å²) >= 11 is 0. The lowest BCUT2D eigenvalue weighted by Crippen LogP contribution is -2.42. The van der Waals surface area contributed by atoms with E-state index in [1.54, 1.807) is 0 Å². The molecule has 0 heterocycles. The average Bonchev–Trinajstić information content (AvgIpc) is 2.66. The molecule has 2 aromatic carbocycles. The number of benzene rings is 2. The first kappa shape index (κ1) is 20.0. The molecule has 7 nitrogen and oxygen atoms in total. The van der Waals surface area contributed by atoms with Crippen molar-refractivity contribution in [1.29, 1.82) is 0 Å². The molecule has 7 heteroatoms. The fourth-order valence-corrected chi connectivity index (χ4v) is 2.33. The number of nitrogens with zero attached hydrogens (tertiary/aromatic N) is 2. The maximum Gasteiger partial charge on any atom is 0.110 e. The molecule has 0 aromatic heterocycles. The molecule has 3 atom stereocenters. The number of aliphatic hydroxyl groups is 4. The lowest BCUT2D eigenvalue weighted by atomic mass is 10.1. The Kier molecular flexibility index (Phi) is 7.23. The highest BCUT2D eigenvalue weighted by molar-refractivity contribution is 5.68. The third-order valence-electron chi connectivity index (χ3n) is 4.12. The highest BCUT2D eigenvalue weighted by atomic mass is 16.4. The molecule has 0 fully saturated rings. The Hall–Kier alpha value is -2.32. The van der Waals surface area contributed by atoms with E-state index in [2.05, 4.69) is 15.5 Å². The Labute approximate surface area is 152 Å². The molecule has 0 saturated carbocycles. The fraction of sp³-hybridized carbons (Fsp3) is 0.368. The lowest BCUT2D eigenvalue weighted by Gasteiger charge is -2.22. The van der Waals surface area contributed by atoms with E-state index in [1.165, 1.54) is 0 Å². The van der Waals surface area contributed by atoms with E-state index in [0.717, 1.165) is 16.8 Å². The van der Waals surface area contributed by atoms with Crippen LogP contribution in [-0.2, 0) is 0 Å². The van der Waals surface area contributed by atoms with Crippen LogP contribution < -0.4 is 5.32 Å². The number of hydrogen-bond donors (Lipinski definition) is 5. The Balaban J connectivity index is 2.17. The fourth-order valence-electron chi connectivity index (χ4n) is 2.33. The van der Waals surface area contributed by atoms with Crippen LogP contribution in [-0.4, -0.2) is 51.9 Å². The second kappa shape index (κ2) is 9.40. The molecular formula is C19H25N3O4. The monoisotopic (exact) mass is 359 g/mol. The zero-order chi connectivity index (χ0) is 19.1. The molecule has 26 heavy (non-hydrogen) atoms. The van der Waals surface area contributed by atoms with Crippen LogP contribution in [0.25, 0.3) is 0 Å². The zero-order valence-corrected chi connectivity index (χ0v) is 14.9. The first-order valence-electron chi connectivity index (χ1n) is 8.39. The molecule has 0 aliphatic carbocycles. The predicted octanol–water partition coefficient (Wildman–Crippen LogP) is 2.21. The van der Waals surface area contributed by atoms with Crippen LogP contribution in [0.15, 0.2) is 52.7 Å². The van der Waals surface area contributed by atoms with Crippen LogP contribution in [0.3, 0.4) is 0 Å². The molecule has 5 N–H and O–H groups in total. The van der Waals surface area contributed by atoms with Gasteiger partial charge >= 0.3 is 0 Å². The maximum absolute atomic E-state index is 9.97. The minimum Gasteiger partial charge on any atom is -0.394 e. The van der Waals surface area contributed by atoms with Crippen molar-refractivity contribution < 1.29 is 20.4 Å². The van der Waals surface area contributed by atoms with Crippen LogP contribution in [0.5, 0.6) is 0 Å². The summed E-state index contributed by atoms with van der Waals surface area (Å²) in [6, 6.07) is 13.1. The van der Waals surface area contributed by atoms with Gasteiger partial charge in [-0.25, -0.2) is 0 Å². The number of hydrogen-bond acceptors (Lipinski definition) is 7. The van der Waals surface area contributed by atoms with Gasteiger partial charge in [0.1, 0.15) is 17.9 Å². The van der Waals surface area contributed by atoms with Crippen LogP contribution >= 0.6 is 0 Å². The maximum atomic E-state index is 9.97. The van der Waals surface area contributed by atoms with Gasteiger partial charge in [0.25, 0.3) is 0 Å². The van der Waals surface area contributed by atoms with Crippen molar-refractivity contribution in [3.05, 3.63) is 53.6 Å². The minimum absolute atomic E-state index is 0.0193. The van der Waals surface area contributed by atoms with Crippen molar-refractivity contribution in [2.24, 2.45) is 10.2 Å². The Bertz CT molecular complexity index is 737. The molecule has 140 valence electrons. The average molecular weight is 359 g/mol. The normalized spacial score (nSPS) is 15.0. The number of aliphatic hydroxyl groups excluding tert-OH is 4. The molecule has 0 amide bonds. The molecule has 0 spiro atoms. The van der Waals surface area contributed by atoms with Crippen molar-refractivity contribution in [2.45, 2.75) is 32.2 Å². The molecule has 0 radical (unpaired) electrons. The van der Waals surface area contributed by atoms with Crippen molar-refractivity contribution in [3.63, 3.8) is 0 Å². The van der Waals surface area contributed by atoms with Gasteiger partial charge in [0.2, 0.25) is 0 Å². The molecule has 0 saturated heterocycles. The van der Waals surface area contributed by atoms with E-state index in [9.17, 15) is 15.3 Å². The van der Waals surface area contributed by atoms with Crippen molar-refractivity contribution in [3.8, 4) is 0 Å². The molecule has 0 aliphatic rings. The summed E-state index contributed by atoms with van der Waals surface area (Å²) < 4.78 is 0. The van der Waals surface area contributed by atoms with Gasteiger partial charge in [0, 0.05) is 6.54 Å². The van der Waals surface area contributed by atoms with Gasteiger partial charge in [-0.3, -0.25) is 0 Å². The van der Waals surface area contributed by atoms with Crippen molar-refractivity contribution in [1.82, 2.24) is 0 Å². The zero-order valence-electron chi connectivity index (χ0n) is 14.9. The summed E-state index contributed by atoms with van der Waals surface area (Å²) in [5.41, 5.74) is 4.06. The van der Waals surface area contributed by atoms with Gasteiger partial charge in [-0.05, 0) is 49.2 Å². The van der Waals surface area contributed by atoms with Gasteiger partial charge < -0.3 is 25.7 Å². The van der Waals surface area contributed by atoms with Gasteiger partial charge in [0.05, 0.1) is 24.1 Å². The Morgan fingerprint density at radius 1 is 0.923 bits per heavy atom. The standard InChI is InChI=1S/C19H25N3O4/c1-12-8-15(20-10-17(24)19(26)18(25)11-23)16(9-13(12)2)22-21-14-6-4-3-5-7-14/h3-9,17-20,23-26H,10-11H2,1-2H3/t17-,18-,19+/m1/s1. The summed E-state index contributed by atoms with van der Waals surface area (Å²) in [6.45, 7) is 3.28. The summed E-state index contributed by atoms with van der Waals surface area (Å²) in [5, 5.41) is 49.5. The number of aryl methyl sites for hydroxylation is 2. The van der Waals surface area contributed by atoms with Gasteiger partial charge in [-0.2, -0.15) is 5.11 Å². The summed E-state index contributed by atoms with van der Waals surface area (Å²) in [7, 11) is 0. The third-order valence-corrected chi connectivity index (χ3v) is 4.12. The van der Waals surface area contributed by atoms with E-state index in [1.807, 2.05) is 56.3 Å². The van der Waals surface area contributed by atoms with E-state index in [0.29, 0.717) is 11.4 Å². The van der Waals surface area contributed by atoms with Gasteiger partial charge in [-0.1, -0.05) is 18.2 Å². The Morgan fingerprint density at radius 3 is 2.23 bits per heavy atom. The largest absolute Gasteiger partial charge is 0.394 e. The lowest BCUT2D eigenvalue weighted by molar-refractivity contribution is -0.0715. The van der Waals surface area contributed by atoms with Gasteiger partial charge in [-0.15, -0.1) is 5.11 Å². The highest BCUT2D eigenvalue weighted by Crippen LogP contribution is 2.30. The summed E-state index contributed by atoms with van der Waals surface area (Å²) in [4.78, 5) is 0. The summed E-state index contributed by atoms with van der Waals surface area (Å²) in [5.74, 6) is 0. The molecule has 0 aliphatic heterocycles. The molecular weight excluding hydrogens is 334 g/mol. The van der Waals surface area contributed by atoms with Crippen LogP contribution in [0, 0.1) is 13.8 Å². The predicted molar refractivity (Wildman–Crippen MR) is 100 cm³/mol. The molecule has 0 bridgehead atoms. The molecule has 2 rings (SSSR count). The number of nitrogens with one attached hydrogen (secondary N) is 1. The van der Waals surface area contributed by atoms with Crippen LogP contribution in [0.4, 0.5) is 17.1 Å². The summed E-state index contributed by atoms with van der Waals surface area (Å²) in [6.07, 6.45) is -4.10.